The first kappa shape index (κ1) is 21.4. The monoisotopic (exact) mass is 410 g/mol. The number of para-hydroxylation sites is 1. The Labute approximate surface area is 177 Å². The second-order valence-electron chi connectivity index (χ2n) is 7.89. The van der Waals surface area contributed by atoms with Crippen molar-refractivity contribution in [2.45, 2.75) is 57.7 Å². The molecule has 5 heteroatoms. The second kappa shape index (κ2) is 10.5. The van der Waals surface area contributed by atoms with E-state index in [2.05, 4.69) is 42.7 Å². The fourth-order valence-electron chi connectivity index (χ4n) is 3.90. The lowest BCUT2D eigenvalue weighted by molar-refractivity contribution is -0.113. The minimum absolute atomic E-state index is 0.0858. The van der Waals surface area contributed by atoms with Crippen molar-refractivity contribution >= 4 is 29.3 Å². The van der Waals surface area contributed by atoms with Crippen molar-refractivity contribution in [2.24, 2.45) is 0 Å². The molecule has 29 heavy (non-hydrogen) atoms. The van der Waals surface area contributed by atoms with Gasteiger partial charge in [-0.15, -0.1) is 11.8 Å². The largest absolute Gasteiger partial charge is 0.349 e. The topological polar surface area (TPSA) is 58.2 Å². The molecule has 0 aliphatic heterocycles. The summed E-state index contributed by atoms with van der Waals surface area (Å²) in [5.41, 5.74) is 4.82. The van der Waals surface area contributed by atoms with Crippen molar-refractivity contribution in [1.29, 1.82) is 0 Å². The van der Waals surface area contributed by atoms with Crippen LogP contribution >= 0.6 is 11.8 Å². The molecule has 4 nitrogen and oxygen atoms in total. The SMILES string of the molecule is Cc1cc(C)cc(CSCC(=O)Nc2ccccc2C(=O)NC2CCCCC2)c1. The summed E-state index contributed by atoms with van der Waals surface area (Å²) in [6, 6.07) is 13.9. The van der Waals surface area contributed by atoms with Crippen molar-refractivity contribution in [3.8, 4) is 0 Å². The molecule has 1 aliphatic rings. The summed E-state index contributed by atoms with van der Waals surface area (Å²) in [5.74, 6) is 0.957. The number of thioether (sulfide) groups is 1. The van der Waals surface area contributed by atoms with Crippen LogP contribution in [0, 0.1) is 13.8 Å². The van der Waals surface area contributed by atoms with Crippen molar-refractivity contribution < 1.29 is 9.59 Å². The first-order chi connectivity index (χ1) is 14.0. The number of anilines is 1. The van der Waals surface area contributed by atoms with Crippen molar-refractivity contribution in [1.82, 2.24) is 5.32 Å². The average molecular weight is 411 g/mol. The highest BCUT2D eigenvalue weighted by molar-refractivity contribution is 7.99. The number of carbonyl (C=O) groups excluding carboxylic acids is 2. The summed E-state index contributed by atoms with van der Waals surface area (Å²) >= 11 is 1.58. The van der Waals surface area contributed by atoms with Gasteiger partial charge in [-0.1, -0.05) is 60.7 Å². The fourth-order valence-corrected chi connectivity index (χ4v) is 4.66. The highest BCUT2D eigenvalue weighted by atomic mass is 32.2. The van der Waals surface area contributed by atoms with E-state index in [-0.39, 0.29) is 17.9 Å². The minimum atomic E-state index is -0.101. The maximum atomic E-state index is 12.7. The molecule has 2 aromatic carbocycles. The Morgan fingerprint density at radius 2 is 1.69 bits per heavy atom. The molecule has 0 spiro atoms. The second-order valence-corrected chi connectivity index (χ2v) is 8.88. The fraction of sp³-hybridized carbons (Fsp3) is 0.417. The Kier molecular flexibility index (Phi) is 7.76. The molecule has 3 rings (SSSR count). The Hall–Kier alpha value is -2.27. The van der Waals surface area contributed by atoms with Crippen LogP contribution in [0.1, 0.15) is 59.2 Å². The number of aryl methyl sites for hydroxylation is 2. The van der Waals surface area contributed by atoms with E-state index in [4.69, 9.17) is 0 Å². The number of hydrogen-bond acceptors (Lipinski definition) is 3. The molecule has 0 heterocycles. The first-order valence-corrected chi connectivity index (χ1v) is 11.5. The molecule has 0 aromatic heterocycles. The van der Waals surface area contributed by atoms with E-state index in [0.717, 1.165) is 18.6 Å². The first-order valence-electron chi connectivity index (χ1n) is 10.4. The molecule has 2 N–H and O–H groups in total. The van der Waals surface area contributed by atoms with Crippen molar-refractivity contribution in [3.63, 3.8) is 0 Å². The molecular weight excluding hydrogens is 380 g/mol. The predicted molar refractivity (Wildman–Crippen MR) is 121 cm³/mol. The van der Waals surface area contributed by atoms with Crippen molar-refractivity contribution in [2.75, 3.05) is 11.1 Å². The van der Waals surface area contributed by atoms with Gasteiger partial charge in [-0.3, -0.25) is 9.59 Å². The Morgan fingerprint density at radius 1 is 1.00 bits per heavy atom. The van der Waals surface area contributed by atoms with Crippen LogP contribution in [0.2, 0.25) is 0 Å². The van der Waals surface area contributed by atoms with E-state index in [1.165, 1.54) is 36.0 Å². The van der Waals surface area contributed by atoms with Gasteiger partial charge in [-0.25, -0.2) is 0 Å². The third-order valence-corrected chi connectivity index (χ3v) is 6.17. The zero-order valence-electron chi connectivity index (χ0n) is 17.3. The molecule has 2 aromatic rings. The highest BCUT2D eigenvalue weighted by Gasteiger charge is 2.19. The molecular formula is C24H30N2O2S. The van der Waals surface area contributed by atoms with Gasteiger partial charge in [0.2, 0.25) is 5.91 Å². The van der Waals surface area contributed by atoms with E-state index < -0.39 is 0 Å². The lowest BCUT2D eigenvalue weighted by Gasteiger charge is -2.23. The van der Waals surface area contributed by atoms with E-state index in [1.807, 2.05) is 12.1 Å². The Morgan fingerprint density at radius 3 is 2.41 bits per heavy atom. The van der Waals surface area contributed by atoms with Crippen LogP contribution in [0.25, 0.3) is 0 Å². The van der Waals surface area contributed by atoms with Gasteiger partial charge < -0.3 is 10.6 Å². The molecule has 2 amide bonds. The van der Waals surface area contributed by atoms with Crippen LogP contribution in [0.4, 0.5) is 5.69 Å². The van der Waals surface area contributed by atoms with Crippen LogP contribution in [-0.2, 0) is 10.5 Å². The van der Waals surface area contributed by atoms with Gasteiger partial charge in [0, 0.05) is 11.8 Å². The molecule has 0 atom stereocenters. The number of amides is 2. The molecule has 1 fully saturated rings. The summed E-state index contributed by atoms with van der Waals surface area (Å²) in [5, 5.41) is 6.05. The van der Waals surface area contributed by atoms with E-state index in [0.29, 0.717) is 17.0 Å². The van der Waals surface area contributed by atoms with Crippen LogP contribution in [0.5, 0.6) is 0 Å². The zero-order valence-corrected chi connectivity index (χ0v) is 18.1. The van der Waals surface area contributed by atoms with Crippen molar-refractivity contribution in [3.05, 3.63) is 64.7 Å². The minimum Gasteiger partial charge on any atom is -0.349 e. The van der Waals surface area contributed by atoms with Gasteiger partial charge in [0.15, 0.2) is 0 Å². The van der Waals surface area contributed by atoms with Crippen LogP contribution in [0.15, 0.2) is 42.5 Å². The molecule has 0 unspecified atom stereocenters. The van der Waals surface area contributed by atoms with Gasteiger partial charge in [0.25, 0.3) is 5.91 Å². The lowest BCUT2D eigenvalue weighted by atomic mass is 9.95. The van der Waals surface area contributed by atoms with Crippen LogP contribution < -0.4 is 10.6 Å². The number of hydrogen-bond donors (Lipinski definition) is 2. The molecule has 0 radical (unpaired) electrons. The predicted octanol–water partition coefficient (Wildman–Crippen LogP) is 5.24. The van der Waals surface area contributed by atoms with Crippen LogP contribution in [0.3, 0.4) is 0 Å². The number of benzene rings is 2. The summed E-state index contributed by atoms with van der Waals surface area (Å²) in [6.07, 6.45) is 5.66. The summed E-state index contributed by atoms with van der Waals surface area (Å²) in [6.45, 7) is 4.17. The van der Waals surface area contributed by atoms with Gasteiger partial charge in [0.05, 0.1) is 17.0 Å². The number of carbonyl (C=O) groups is 2. The third kappa shape index (κ3) is 6.64. The smallest absolute Gasteiger partial charge is 0.253 e. The van der Waals surface area contributed by atoms with Gasteiger partial charge in [-0.05, 0) is 44.4 Å². The average Bonchev–Trinajstić information content (AvgIpc) is 2.68. The summed E-state index contributed by atoms with van der Waals surface area (Å²) in [4.78, 5) is 25.1. The Balaban J connectivity index is 1.54. The molecule has 0 bridgehead atoms. The highest BCUT2D eigenvalue weighted by Crippen LogP contribution is 2.21. The quantitative estimate of drug-likeness (QED) is 0.656. The summed E-state index contributed by atoms with van der Waals surface area (Å²) < 4.78 is 0. The summed E-state index contributed by atoms with van der Waals surface area (Å²) in [7, 11) is 0. The number of rotatable bonds is 7. The van der Waals surface area contributed by atoms with Gasteiger partial charge >= 0.3 is 0 Å². The van der Waals surface area contributed by atoms with E-state index >= 15 is 0 Å². The standard InChI is InChI=1S/C24H30N2O2S/c1-17-12-18(2)14-19(13-17)15-29-16-23(27)26-22-11-7-6-10-21(22)24(28)25-20-8-4-3-5-9-20/h6-7,10-14,20H,3-5,8-9,15-16H2,1-2H3,(H,25,28)(H,26,27). The maximum Gasteiger partial charge on any atom is 0.253 e. The lowest BCUT2D eigenvalue weighted by Crippen LogP contribution is -2.36. The molecule has 0 saturated heterocycles. The van der Waals surface area contributed by atoms with E-state index in [1.54, 1.807) is 23.9 Å². The van der Waals surface area contributed by atoms with Gasteiger partial charge in [0.1, 0.15) is 0 Å². The molecule has 154 valence electrons. The van der Waals surface area contributed by atoms with Crippen LogP contribution in [-0.4, -0.2) is 23.6 Å². The van der Waals surface area contributed by atoms with E-state index in [9.17, 15) is 9.59 Å². The third-order valence-electron chi connectivity index (χ3n) is 5.17. The number of nitrogens with one attached hydrogen (secondary N) is 2. The Bertz CT molecular complexity index is 839. The molecule has 1 saturated carbocycles. The normalized spacial score (nSPS) is 14.4. The molecule has 1 aliphatic carbocycles. The van der Waals surface area contributed by atoms with Gasteiger partial charge in [-0.2, -0.15) is 0 Å². The zero-order chi connectivity index (χ0) is 20.6. The maximum absolute atomic E-state index is 12.7.